The van der Waals surface area contributed by atoms with Crippen LogP contribution in [0, 0.1) is 0 Å². The highest BCUT2D eigenvalue weighted by molar-refractivity contribution is 7.75. The predicted octanol–water partition coefficient (Wildman–Crippen LogP) is 0.496. The highest BCUT2D eigenvalue weighted by Crippen LogP contribution is 1.85. The number of hydrogen-bond acceptors (Lipinski definition) is 6. The lowest BCUT2D eigenvalue weighted by Crippen LogP contribution is -2.00. The summed E-state index contributed by atoms with van der Waals surface area (Å²) in [5, 5.41) is 0. The van der Waals surface area contributed by atoms with Gasteiger partial charge >= 0.3 is 22.7 Å². The fourth-order valence-corrected chi connectivity index (χ4v) is 0.884. The molecule has 0 aliphatic heterocycles. The SMILES string of the molecule is CCOS(=O)OCC.COS(=O)OC. The molecule has 0 aromatic rings. The molecular formula is C6H16O6S2. The third kappa shape index (κ3) is 14.7. The summed E-state index contributed by atoms with van der Waals surface area (Å²) in [6.45, 7) is 4.37. The second-order valence-electron chi connectivity index (χ2n) is 1.55. The lowest BCUT2D eigenvalue weighted by molar-refractivity contribution is 0.269. The maximum Gasteiger partial charge on any atom is 0.304 e. The predicted molar refractivity (Wildman–Crippen MR) is 53.6 cm³/mol. The Morgan fingerprint density at radius 1 is 0.857 bits per heavy atom. The third-order valence-corrected chi connectivity index (χ3v) is 2.10. The molecule has 0 unspecified atom stereocenters. The third-order valence-electron chi connectivity index (χ3n) is 0.700. The topological polar surface area (TPSA) is 71.1 Å². The molecule has 0 fully saturated rings. The van der Waals surface area contributed by atoms with Crippen molar-refractivity contribution >= 4 is 22.7 Å². The van der Waals surface area contributed by atoms with Crippen LogP contribution in [-0.4, -0.2) is 35.9 Å². The van der Waals surface area contributed by atoms with Gasteiger partial charge in [-0.1, -0.05) is 0 Å². The molecule has 6 nitrogen and oxygen atoms in total. The fourth-order valence-electron chi connectivity index (χ4n) is 0.295. The van der Waals surface area contributed by atoms with E-state index in [9.17, 15) is 8.42 Å². The van der Waals surface area contributed by atoms with E-state index >= 15 is 0 Å². The standard InChI is InChI=1S/C4H10O3S.C2H6O3S/c1-3-6-8(5)7-4-2;1-4-6(3)5-2/h3-4H2,1-2H3;1-2H3. The smallest absolute Gasteiger partial charge is 0.272 e. The molecule has 0 bridgehead atoms. The van der Waals surface area contributed by atoms with Gasteiger partial charge in [-0.25, -0.2) is 0 Å². The first-order valence-electron chi connectivity index (χ1n) is 3.81. The molecule has 0 rings (SSSR count). The van der Waals surface area contributed by atoms with E-state index < -0.39 is 22.7 Å². The Balaban J connectivity index is 0. The summed E-state index contributed by atoms with van der Waals surface area (Å²) in [6, 6.07) is 0. The van der Waals surface area contributed by atoms with Gasteiger partial charge in [0.2, 0.25) is 0 Å². The van der Waals surface area contributed by atoms with Crippen LogP contribution in [0.1, 0.15) is 13.8 Å². The summed E-state index contributed by atoms with van der Waals surface area (Å²) in [7, 11) is 2.61. The summed E-state index contributed by atoms with van der Waals surface area (Å²) in [6.07, 6.45) is 0. The average molecular weight is 248 g/mol. The zero-order valence-electron chi connectivity index (χ0n) is 8.68. The van der Waals surface area contributed by atoms with E-state index in [2.05, 4.69) is 16.7 Å². The van der Waals surface area contributed by atoms with Crippen molar-refractivity contribution in [2.45, 2.75) is 13.8 Å². The van der Waals surface area contributed by atoms with Crippen LogP contribution in [0.4, 0.5) is 0 Å². The zero-order chi connectivity index (χ0) is 11.4. The molecule has 0 aliphatic rings. The van der Waals surface area contributed by atoms with Crippen LogP contribution < -0.4 is 0 Å². The number of hydrogen-bond donors (Lipinski definition) is 0. The van der Waals surface area contributed by atoms with Crippen molar-refractivity contribution in [2.75, 3.05) is 27.4 Å². The summed E-state index contributed by atoms with van der Waals surface area (Å²) in [5.74, 6) is 0. The molecule has 0 aromatic heterocycles. The Morgan fingerprint density at radius 3 is 1.36 bits per heavy atom. The maximum absolute atomic E-state index is 10.3. The van der Waals surface area contributed by atoms with Crippen molar-refractivity contribution < 1.29 is 25.2 Å². The lowest BCUT2D eigenvalue weighted by atomic mass is 10.9. The summed E-state index contributed by atoms with van der Waals surface area (Å²) in [5.41, 5.74) is 0. The second-order valence-corrected chi connectivity index (χ2v) is 3.51. The van der Waals surface area contributed by atoms with Gasteiger partial charge in [0.25, 0.3) is 0 Å². The minimum absolute atomic E-state index is 0.423. The minimum atomic E-state index is -1.53. The highest BCUT2D eigenvalue weighted by atomic mass is 32.2. The molecular weight excluding hydrogens is 232 g/mol. The molecule has 0 saturated heterocycles. The Bertz CT molecular complexity index is 148. The van der Waals surface area contributed by atoms with E-state index in [1.807, 2.05) is 0 Å². The van der Waals surface area contributed by atoms with Crippen molar-refractivity contribution in [3.63, 3.8) is 0 Å². The van der Waals surface area contributed by atoms with Crippen LogP contribution in [0.5, 0.6) is 0 Å². The summed E-state index contributed by atoms with van der Waals surface area (Å²) >= 11 is -3.05. The van der Waals surface area contributed by atoms with Gasteiger partial charge in [0.1, 0.15) is 0 Å². The first kappa shape index (κ1) is 16.6. The van der Waals surface area contributed by atoms with E-state index in [1.165, 1.54) is 14.2 Å². The Morgan fingerprint density at radius 2 is 1.21 bits per heavy atom. The molecule has 14 heavy (non-hydrogen) atoms. The zero-order valence-corrected chi connectivity index (χ0v) is 10.3. The highest BCUT2D eigenvalue weighted by Gasteiger charge is 1.93. The second kappa shape index (κ2) is 13.1. The summed E-state index contributed by atoms with van der Waals surface area (Å²) < 4.78 is 37.5. The van der Waals surface area contributed by atoms with Crippen molar-refractivity contribution in [3.05, 3.63) is 0 Å². The van der Waals surface area contributed by atoms with E-state index in [-0.39, 0.29) is 0 Å². The minimum Gasteiger partial charge on any atom is -0.272 e. The van der Waals surface area contributed by atoms with Gasteiger partial charge in [-0.2, -0.15) is 8.42 Å². The molecule has 0 spiro atoms. The van der Waals surface area contributed by atoms with Gasteiger partial charge in [-0.3, -0.25) is 16.7 Å². The van der Waals surface area contributed by atoms with Crippen molar-refractivity contribution in [1.29, 1.82) is 0 Å². The molecule has 0 amide bonds. The van der Waals surface area contributed by atoms with Crippen LogP contribution in [0.2, 0.25) is 0 Å². The molecule has 0 saturated carbocycles. The normalized spacial score (nSPS) is 10.1. The molecule has 0 atom stereocenters. The molecule has 0 radical (unpaired) electrons. The van der Waals surface area contributed by atoms with Crippen LogP contribution >= 0.6 is 0 Å². The number of rotatable bonds is 6. The van der Waals surface area contributed by atoms with Gasteiger partial charge < -0.3 is 0 Å². The van der Waals surface area contributed by atoms with Crippen molar-refractivity contribution in [1.82, 2.24) is 0 Å². The van der Waals surface area contributed by atoms with E-state index in [1.54, 1.807) is 13.8 Å². The van der Waals surface area contributed by atoms with Gasteiger partial charge in [-0.05, 0) is 13.8 Å². The van der Waals surface area contributed by atoms with Gasteiger partial charge in [0.15, 0.2) is 0 Å². The van der Waals surface area contributed by atoms with Crippen molar-refractivity contribution in [2.24, 2.45) is 0 Å². The maximum atomic E-state index is 10.3. The van der Waals surface area contributed by atoms with Gasteiger partial charge in [0.05, 0.1) is 27.4 Å². The fraction of sp³-hybridized carbons (Fsp3) is 1.00. The monoisotopic (exact) mass is 248 g/mol. The Kier molecular flexibility index (Phi) is 15.5. The average Bonchev–Trinajstić information content (AvgIpc) is 2.18. The van der Waals surface area contributed by atoms with Crippen LogP contribution in [0.25, 0.3) is 0 Å². The molecule has 0 heterocycles. The molecule has 0 aromatic carbocycles. The quantitative estimate of drug-likeness (QED) is 0.681. The van der Waals surface area contributed by atoms with Crippen LogP contribution in [0.15, 0.2) is 0 Å². The van der Waals surface area contributed by atoms with Gasteiger partial charge in [-0.15, -0.1) is 0 Å². The first-order chi connectivity index (χ1) is 6.62. The van der Waals surface area contributed by atoms with Crippen molar-refractivity contribution in [3.8, 4) is 0 Å². The van der Waals surface area contributed by atoms with Crippen LogP contribution in [0.3, 0.4) is 0 Å². The molecule has 0 N–H and O–H groups in total. The largest absolute Gasteiger partial charge is 0.304 e. The van der Waals surface area contributed by atoms with E-state index in [0.717, 1.165) is 0 Å². The van der Waals surface area contributed by atoms with Gasteiger partial charge in [0, 0.05) is 0 Å². The Hall–Kier alpha value is 0.140. The molecule has 0 aliphatic carbocycles. The first-order valence-corrected chi connectivity index (χ1v) is 5.81. The van der Waals surface area contributed by atoms with E-state index in [4.69, 9.17) is 0 Å². The lowest BCUT2D eigenvalue weighted by Gasteiger charge is -1.95. The molecule has 8 heteroatoms. The summed E-state index contributed by atoms with van der Waals surface area (Å²) in [4.78, 5) is 0. The van der Waals surface area contributed by atoms with E-state index in [0.29, 0.717) is 13.2 Å². The van der Waals surface area contributed by atoms with Crippen LogP contribution in [-0.2, 0) is 39.5 Å². The molecule has 88 valence electrons. The Labute approximate surface area is 89.6 Å².